The van der Waals surface area contributed by atoms with Crippen LogP contribution in [-0.4, -0.2) is 219 Å². The SMILES string of the molecule is CCC(C)C([C@@H](CC(=O)N1CCC[C@H]1[C@H](OC)[C@@H](C)C(=O)NS(=O)(=O)Cc1ccc(NC(=O)CNC(=O)C(NC(=O)CCOCCOCCOCCN2C(=O)C=CC2=O)C(C)C)cc1)OC)N(C)C(=O)CNC(=O)C(C(C)C)N(C)C. The second-order valence-corrected chi connectivity index (χ2v) is 23.0. The van der Waals surface area contributed by atoms with Crippen LogP contribution in [0.4, 0.5) is 5.69 Å². The number of hydrogen-bond donors (Lipinski definition) is 5. The average Bonchev–Trinajstić information content (AvgIpc) is 4.08. The Balaban J connectivity index is 1.45. The highest BCUT2D eigenvalue weighted by Gasteiger charge is 2.43. The predicted molar refractivity (Wildman–Crippen MR) is 300 cm³/mol. The van der Waals surface area contributed by atoms with Gasteiger partial charge in [-0.1, -0.05) is 67.0 Å². The van der Waals surface area contributed by atoms with E-state index in [2.05, 4.69) is 26.0 Å². The van der Waals surface area contributed by atoms with Gasteiger partial charge in [-0.05, 0) is 62.4 Å². The first-order valence-electron chi connectivity index (χ1n) is 27.6. The molecule has 5 N–H and O–H groups in total. The van der Waals surface area contributed by atoms with Crippen molar-refractivity contribution in [2.24, 2.45) is 23.7 Å². The number of benzene rings is 1. The van der Waals surface area contributed by atoms with E-state index in [0.717, 1.165) is 4.90 Å². The molecule has 0 saturated carbocycles. The van der Waals surface area contributed by atoms with Gasteiger partial charge in [0.1, 0.15) is 6.04 Å². The van der Waals surface area contributed by atoms with Crippen molar-refractivity contribution in [2.45, 2.75) is 123 Å². The Kier molecular flexibility index (Phi) is 29.6. The van der Waals surface area contributed by atoms with Gasteiger partial charge in [-0.25, -0.2) is 8.42 Å². The Bertz CT molecular complexity index is 2380. The summed E-state index contributed by atoms with van der Waals surface area (Å²) < 4.78 is 56.9. The first-order valence-corrected chi connectivity index (χ1v) is 29.2. The van der Waals surface area contributed by atoms with Gasteiger partial charge in [-0.3, -0.25) is 57.7 Å². The molecule has 0 spiro atoms. The van der Waals surface area contributed by atoms with E-state index in [9.17, 15) is 51.6 Å². The van der Waals surface area contributed by atoms with Crippen LogP contribution >= 0.6 is 0 Å². The second-order valence-electron chi connectivity index (χ2n) is 21.2. The van der Waals surface area contributed by atoms with Crippen LogP contribution in [0.25, 0.3) is 0 Å². The van der Waals surface area contributed by atoms with Crippen LogP contribution in [-0.2, 0) is 82.6 Å². The van der Waals surface area contributed by atoms with Crippen LogP contribution in [0.2, 0.25) is 0 Å². The Morgan fingerprint density at radius 3 is 1.89 bits per heavy atom. The number of rotatable bonds is 37. The molecule has 8 atom stereocenters. The first kappa shape index (κ1) is 69.4. The van der Waals surface area contributed by atoms with Gasteiger partial charge in [0.05, 0.1) is 108 Å². The molecule has 1 aromatic carbocycles. The van der Waals surface area contributed by atoms with E-state index in [1.54, 1.807) is 44.8 Å². The number of carbonyl (C=O) groups excluding carboxylic acids is 9. The fourth-order valence-electron chi connectivity index (χ4n) is 9.81. The van der Waals surface area contributed by atoms with Crippen molar-refractivity contribution in [1.29, 1.82) is 0 Å². The Hall–Kier alpha value is -5.90. The molecule has 0 aromatic heterocycles. The number of nitrogens with zero attached hydrogens (tertiary/aromatic N) is 4. The number of carbonyl (C=O) groups is 9. The maximum atomic E-state index is 14.2. The van der Waals surface area contributed by atoms with Gasteiger partial charge in [0.15, 0.2) is 0 Å². The number of hydrogen-bond acceptors (Lipinski definition) is 17. The van der Waals surface area contributed by atoms with E-state index in [0.29, 0.717) is 37.1 Å². The summed E-state index contributed by atoms with van der Waals surface area (Å²) in [4.78, 5) is 122. The summed E-state index contributed by atoms with van der Waals surface area (Å²) in [7, 11) is 3.87. The van der Waals surface area contributed by atoms with Gasteiger partial charge >= 0.3 is 0 Å². The quantitative estimate of drug-likeness (QED) is 0.0455. The van der Waals surface area contributed by atoms with Crippen molar-refractivity contribution >= 4 is 68.9 Å². The molecule has 2 aliphatic rings. The van der Waals surface area contributed by atoms with Gasteiger partial charge in [0.2, 0.25) is 51.4 Å². The number of methoxy groups -OCH3 is 2. The van der Waals surface area contributed by atoms with E-state index in [4.69, 9.17) is 23.7 Å². The molecule has 81 heavy (non-hydrogen) atoms. The monoisotopic (exact) mass is 1160 g/mol. The van der Waals surface area contributed by atoms with Crippen molar-refractivity contribution in [3.8, 4) is 0 Å². The zero-order valence-electron chi connectivity index (χ0n) is 49.3. The zero-order chi connectivity index (χ0) is 60.6. The predicted octanol–water partition coefficient (Wildman–Crippen LogP) is 0.816. The summed E-state index contributed by atoms with van der Waals surface area (Å²) >= 11 is 0. The first-order chi connectivity index (χ1) is 38.3. The Labute approximate surface area is 477 Å². The number of likely N-dealkylation sites (N-methyl/N-ethyl adjacent to an activating group) is 2. The van der Waals surface area contributed by atoms with Crippen LogP contribution in [0.15, 0.2) is 36.4 Å². The molecular weight excluding hydrogens is 1070 g/mol. The minimum Gasteiger partial charge on any atom is -0.379 e. The maximum absolute atomic E-state index is 14.2. The van der Waals surface area contributed by atoms with Gasteiger partial charge in [0.25, 0.3) is 11.8 Å². The third kappa shape index (κ3) is 22.4. The van der Waals surface area contributed by atoms with E-state index in [1.807, 2.05) is 27.7 Å². The molecule has 1 aromatic rings. The highest BCUT2D eigenvalue weighted by molar-refractivity contribution is 7.89. The molecule has 9 amide bonds. The number of likely N-dealkylation sites (tertiary alicyclic amines) is 1. The fourth-order valence-corrected chi connectivity index (χ4v) is 11.0. The summed E-state index contributed by atoms with van der Waals surface area (Å²) in [5, 5.41) is 10.6. The molecule has 1 fully saturated rings. The molecular formula is C55H89N9O16S. The van der Waals surface area contributed by atoms with Crippen molar-refractivity contribution in [1.82, 2.24) is 40.3 Å². The van der Waals surface area contributed by atoms with E-state index in [1.165, 1.54) is 62.5 Å². The summed E-state index contributed by atoms with van der Waals surface area (Å²) in [6.07, 6.45) is 2.44. The third-order valence-electron chi connectivity index (χ3n) is 14.3. The summed E-state index contributed by atoms with van der Waals surface area (Å²) in [5.41, 5.74) is 0.602. The minimum absolute atomic E-state index is 0.0119. The molecule has 3 rings (SSSR count). The van der Waals surface area contributed by atoms with Crippen molar-refractivity contribution in [3.05, 3.63) is 42.0 Å². The lowest BCUT2D eigenvalue weighted by Gasteiger charge is -2.39. The number of nitrogens with one attached hydrogen (secondary N) is 5. The van der Waals surface area contributed by atoms with E-state index < -0.39 is 88.2 Å². The van der Waals surface area contributed by atoms with Gasteiger partial charge in [0, 0.05) is 52.1 Å². The normalized spacial score (nSPS) is 17.1. The third-order valence-corrected chi connectivity index (χ3v) is 15.5. The molecule has 1 saturated heterocycles. The summed E-state index contributed by atoms with van der Waals surface area (Å²) in [6.45, 7) is 13.9. The van der Waals surface area contributed by atoms with Crippen molar-refractivity contribution < 1.29 is 75.3 Å². The van der Waals surface area contributed by atoms with Crippen molar-refractivity contribution in [3.63, 3.8) is 0 Å². The lowest BCUT2D eigenvalue weighted by molar-refractivity contribution is -0.145. The second kappa shape index (κ2) is 34.5. The van der Waals surface area contributed by atoms with Crippen molar-refractivity contribution in [2.75, 3.05) is 106 Å². The Morgan fingerprint density at radius 1 is 0.741 bits per heavy atom. The van der Waals surface area contributed by atoms with Crippen LogP contribution in [0.3, 0.4) is 0 Å². The fraction of sp³-hybridized carbons (Fsp3) is 0.691. The van der Waals surface area contributed by atoms with Gasteiger partial charge in [-0.2, -0.15) is 0 Å². The number of anilines is 1. The largest absolute Gasteiger partial charge is 0.379 e. The van der Waals surface area contributed by atoms with E-state index in [-0.39, 0.29) is 113 Å². The van der Waals surface area contributed by atoms with Crippen LogP contribution in [0.1, 0.15) is 86.1 Å². The average molecular weight is 1160 g/mol. The van der Waals surface area contributed by atoms with Crippen LogP contribution in [0.5, 0.6) is 0 Å². The zero-order valence-corrected chi connectivity index (χ0v) is 50.1. The lowest BCUT2D eigenvalue weighted by atomic mass is 9.90. The topological polar surface area (TPSA) is 307 Å². The number of sulfonamides is 1. The lowest BCUT2D eigenvalue weighted by Crippen LogP contribution is -2.55. The highest BCUT2D eigenvalue weighted by Crippen LogP contribution is 2.29. The van der Waals surface area contributed by atoms with E-state index >= 15 is 0 Å². The molecule has 4 unspecified atom stereocenters. The maximum Gasteiger partial charge on any atom is 0.253 e. The summed E-state index contributed by atoms with van der Waals surface area (Å²) in [5.74, 6) is -6.07. The Morgan fingerprint density at radius 2 is 1.33 bits per heavy atom. The smallest absolute Gasteiger partial charge is 0.253 e. The number of ether oxygens (including phenoxy) is 5. The molecule has 0 radical (unpaired) electrons. The van der Waals surface area contributed by atoms with Crippen LogP contribution in [0, 0.1) is 23.7 Å². The van der Waals surface area contributed by atoms with Gasteiger partial charge in [-0.15, -0.1) is 0 Å². The number of imide groups is 1. The molecule has 0 aliphatic carbocycles. The molecule has 0 bridgehead atoms. The molecule has 26 heteroatoms. The highest BCUT2D eigenvalue weighted by atomic mass is 32.2. The molecule has 456 valence electrons. The number of amides is 9. The molecule has 25 nitrogen and oxygen atoms in total. The standard InChI is InChI=1S/C55H89N9O16S/c1-13-37(6)51(62(10)48(70)33-57-55(73)50(36(4)5)61(8)9)42(76-11)31-47(69)63-23-14-15-41(63)52(77-12)38(7)53(71)60-81(74,75)34-39-16-18-40(19-17-39)58-44(66)32-56-54(72)49(35(2)3)59-43(65)22-25-78-27-29-80-30-28-79-26-24-64-45(67)20-21-46(64)68/h16-21,35-38,41-42,49-52H,13-15,22-34H2,1-12H3,(H,56,72)(H,57,73)(H,58,66)(H,59,65)(H,60,71)/t37?,38-,41+,42-,49?,50?,51?,52-/m1/s1. The molecule has 2 heterocycles. The van der Waals surface area contributed by atoms with Gasteiger partial charge < -0.3 is 54.8 Å². The minimum atomic E-state index is -4.25. The van der Waals surface area contributed by atoms with Crippen LogP contribution < -0.4 is 26.0 Å². The summed E-state index contributed by atoms with van der Waals surface area (Å²) in [6, 6.07) is 3.39. The molecule has 2 aliphatic heterocycles.